The quantitative estimate of drug-likeness (QED) is 0.781. The van der Waals surface area contributed by atoms with Gasteiger partial charge < -0.3 is 19.9 Å². The highest BCUT2D eigenvalue weighted by molar-refractivity contribution is 9.10. The van der Waals surface area contributed by atoms with Crippen molar-refractivity contribution in [1.82, 2.24) is 5.32 Å². The summed E-state index contributed by atoms with van der Waals surface area (Å²) in [6, 6.07) is 3.76. The highest BCUT2D eigenvalue weighted by atomic mass is 79.9. The van der Waals surface area contributed by atoms with Crippen LogP contribution in [0.4, 0.5) is 0 Å². The topological polar surface area (TPSA) is 50.7 Å². The Hall–Kier alpha value is -0.780. The fraction of sp³-hybridized carbons (Fsp3) is 0.455. The number of aliphatic hydroxyl groups is 1. The zero-order valence-corrected chi connectivity index (χ0v) is 11.0. The average molecular weight is 290 g/mol. The summed E-state index contributed by atoms with van der Waals surface area (Å²) < 4.78 is 11.5. The molecule has 0 aliphatic rings. The largest absolute Gasteiger partial charge is 0.493 e. The Morgan fingerprint density at radius 1 is 1.31 bits per heavy atom. The van der Waals surface area contributed by atoms with E-state index in [1.807, 2.05) is 12.1 Å². The SMILES string of the molecule is COc1ccc(Br)c(CNCCO)c1OC. The van der Waals surface area contributed by atoms with E-state index in [4.69, 9.17) is 14.6 Å². The number of nitrogens with one attached hydrogen (secondary N) is 1. The number of hydrogen-bond acceptors (Lipinski definition) is 4. The maximum Gasteiger partial charge on any atom is 0.166 e. The molecule has 0 fully saturated rings. The van der Waals surface area contributed by atoms with Gasteiger partial charge in [-0.3, -0.25) is 0 Å². The third kappa shape index (κ3) is 3.10. The van der Waals surface area contributed by atoms with Gasteiger partial charge in [0.1, 0.15) is 0 Å². The molecule has 0 heterocycles. The molecular formula is C11H16BrNO3. The first kappa shape index (κ1) is 13.3. The first-order valence-corrected chi connectivity index (χ1v) is 5.74. The molecule has 0 amide bonds. The van der Waals surface area contributed by atoms with Crippen molar-refractivity contribution >= 4 is 15.9 Å². The monoisotopic (exact) mass is 289 g/mol. The molecule has 5 heteroatoms. The van der Waals surface area contributed by atoms with Gasteiger partial charge in [0.05, 0.1) is 20.8 Å². The second-order valence-electron chi connectivity index (χ2n) is 3.16. The van der Waals surface area contributed by atoms with Gasteiger partial charge in [-0.15, -0.1) is 0 Å². The van der Waals surface area contributed by atoms with Gasteiger partial charge in [-0.1, -0.05) is 15.9 Å². The Bertz CT molecular complexity index is 344. The number of methoxy groups -OCH3 is 2. The van der Waals surface area contributed by atoms with Crippen molar-refractivity contribution in [1.29, 1.82) is 0 Å². The molecule has 1 rings (SSSR count). The third-order valence-electron chi connectivity index (χ3n) is 2.18. The summed E-state index contributed by atoms with van der Waals surface area (Å²) in [5, 5.41) is 11.8. The maximum atomic E-state index is 8.71. The van der Waals surface area contributed by atoms with E-state index in [0.717, 1.165) is 10.0 Å². The van der Waals surface area contributed by atoms with Gasteiger partial charge >= 0.3 is 0 Å². The Morgan fingerprint density at radius 3 is 2.62 bits per heavy atom. The van der Waals surface area contributed by atoms with Crippen LogP contribution in [0.15, 0.2) is 16.6 Å². The lowest BCUT2D eigenvalue weighted by molar-refractivity contribution is 0.291. The van der Waals surface area contributed by atoms with Crippen LogP contribution in [0.5, 0.6) is 11.5 Å². The highest BCUT2D eigenvalue weighted by Gasteiger charge is 2.12. The van der Waals surface area contributed by atoms with Gasteiger partial charge in [0.15, 0.2) is 11.5 Å². The second-order valence-corrected chi connectivity index (χ2v) is 4.02. The molecule has 0 aromatic heterocycles. The van der Waals surface area contributed by atoms with Gasteiger partial charge in [0, 0.05) is 23.1 Å². The molecule has 90 valence electrons. The fourth-order valence-electron chi connectivity index (χ4n) is 1.42. The first-order valence-electron chi connectivity index (χ1n) is 4.95. The summed E-state index contributed by atoms with van der Waals surface area (Å²) in [7, 11) is 3.22. The van der Waals surface area contributed by atoms with Crippen LogP contribution in [0.2, 0.25) is 0 Å². The third-order valence-corrected chi connectivity index (χ3v) is 2.92. The lowest BCUT2D eigenvalue weighted by Gasteiger charge is -2.14. The smallest absolute Gasteiger partial charge is 0.166 e. The van der Waals surface area contributed by atoms with Crippen LogP contribution >= 0.6 is 15.9 Å². The number of ether oxygens (including phenoxy) is 2. The highest BCUT2D eigenvalue weighted by Crippen LogP contribution is 2.35. The Morgan fingerprint density at radius 2 is 2.06 bits per heavy atom. The van der Waals surface area contributed by atoms with E-state index in [1.165, 1.54) is 0 Å². The van der Waals surface area contributed by atoms with E-state index in [2.05, 4.69) is 21.2 Å². The van der Waals surface area contributed by atoms with Gasteiger partial charge in [-0.05, 0) is 12.1 Å². The van der Waals surface area contributed by atoms with Crippen LogP contribution < -0.4 is 14.8 Å². The first-order chi connectivity index (χ1) is 7.74. The molecule has 0 unspecified atom stereocenters. The summed E-state index contributed by atoms with van der Waals surface area (Å²) in [6.45, 7) is 1.28. The van der Waals surface area contributed by atoms with Crippen LogP contribution in [0.1, 0.15) is 5.56 Å². The van der Waals surface area contributed by atoms with Crippen molar-refractivity contribution in [2.75, 3.05) is 27.4 Å². The van der Waals surface area contributed by atoms with Crippen molar-refractivity contribution in [3.8, 4) is 11.5 Å². The fourth-order valence-corrected chi connectivity index (χ4v) is 1.88. The minimum Gasteiger partial charge on any atom is -0.493 e. The lowest BCUT2D eigenvalue weighted by atomic mass is 10.2. The summed E-state index contributed by atoms with van der Waals surface area (Å²) in [5.41, 5.74) is 0.982. The molecule has 0 aliphatic carbocycles. The van der Waals surface area contributed by atoms with E-state index in [-0.39, 0.29) is 6.61 Å². The Balaban J connectivity index is 2.94. The van der Waals surface area contributed by atoms with E-state index in [1.54, 1.807) is 14.2 Å². The predicted molar refractivity (Wildman–Crippen MR) is 66.0 cm³/mol. The standard InChI is InChI=1S/C11H16BrNO3/c1-15-10-4-3-9(12)8(11(10)16-2)7-13-5-6-14/h3-4,13-14H,5-7H2,1-2H3. The van der Waals surface area contributed by atoms with Gasteiger partial charge in [0.2, 0.25) is 0 Å². The van der Waals surface area contributed by atoms with E-state index in [9.17, 15) is 0 Å². The lowest BCUT2D eigenvalue weighted by Crippen LogP contribution is -2.18. The van der Waals surface area contributed by atoms with Gasteiger partial charge in [-0.2, -0.15) is 0 Å². The van der Waals surface area contributed by atoms with Crippen LogP contribution in [0, 0.1) is 0 Å². The number of hydrogen-bond donors (Lipinski definition) is 2. The summed E-state index contributed by atoms with van der Waals surface area (Å²) in [6.07, 6.45) is 0. The average Bonchev–Trinajstić information content (AvgIpc) is 2.31. The van der Waals surface area contributed by atoms with Crippen molar-refractivity contribution in [2.24, 2.45) is 0 Å². The maximum absolute atomic E-state index is 8.71. The molecular weight excluding hydrogens is 274 g/mol. The van der Waals surface area contributed by atoms with Gasteiger partial charge in [-0.25, -0.2) is 0 Å². The molecule has 0 bridgehead atoms. The minimum absolute atomic E-state index is 0.115. The molecule has 0 atom stereocenters. The Kier molecular flexibility index (Phi) is 5.59. The Labute approximate surface area is 104 Å². The van der Waals surface area contributed by atoms with Crippen LogP contribution in [-0.2, 0) is 6.54 Å². The summed E-state index contributed by atoms with van der Waals surface area (Å²) >= 11 is 3.47. The van der Waals surface area contributed by atoms with Crippen LogP contribution in [0.25, 0.3) is 0 Å². The molecule has 0 radical (unpaired) electrons. The van der Waals surface area contributed by atoms with Crippen molar-refractivity contribution in [3.63, 3.8) is 0 Å². The summed E-state index contributed by atoms with van der Waals surface area (Å²) in [5.74, 6) is 1.41. The molecule has 1 aromatic rings. The molecule has 2 N–H and O–H groups in total. The molecule has 0 saturated carbocycles. The molecule has 0 spiro atoms. The summed E-state index contributed by atoms with van der Waals surface area (Å²) in [4.78, 5) is 0. The number of halogens is 1. The van der Waals surface area contributed by atoms with Crippen molar-refractivity contribution < 1.29 is 14.6 Å². The molecule has 0 aliphatic heterocycles. The van der Waals surface area contributed by atoms with E-state index >= 15 is 0 Å². The number of benzene rings is 1. The van der Waals surface area contributed by atoms with E-state index < -0.39 is 0 Å². The van der Waals surface area contributed by atoms with Crippen molar-refractivity contribution in [3.05, 3.63) is 22.2 Å². The normalized spacial score (nSPS) is 10.2. The zero-order valence-electron chi connectivity index (χ0n) is 9.42. The van der Waals surface area contributed by atoms with Crippen LogP contribution in [0.3, 0.4) is 0 Å². The predicted octanol–water partition coefficient (Wildman–Crippen LogP) is 1.55. The van der Waals surface area contributed by atoms with Crippen molar-refractivity contribution in [2.45, 2.75) is 6.54 Å². The molecule has 1 aromatic carbocycles. The zero-order chi connectivity index (χ0) is 12.0. The molecule has 4 nitrogen and oxygen atoms in total. The second kappa shape index (κ2) is 6.73. The molecule has 16 heavy (non-hydrogen) atoms. The molecule has 0 saturated heterocycles. The number of aliphatic hydroxyl groups excluding tert-OH is 1. The van der Waals surface area contributed by atoms with Gasteiger partial charge in [0.25, 0.3) is 0 Å². The van der Waals surface area contributed by atoms with E-state index in [0.29, 0.717) is 24.6 Å². The number of rotatable bonds is 6. The van der Waals surface area contributed by atoms with Crippen LogP contribution in [-0.4, -0.2) is 32.5 Å². The minimum atomic E-state index is 0.115.